The van der Waals surface area contributed by atoms with Gasteiger partial charge in [-0.15, -0.1) is 0 Å². The minimum Gasteiger partial charge on any atom is -0.276 e. The molecular weight excluding hydrogens is 186 g/mol. The van der Waals surface area contributed by atoms with Gasteiger partial charge in [0.15, 0.2) is 0 Å². The maximum atomic E-state index is 10.9. The lowest BCUT2D eigenvalue weighted by atomic mass is 9.98. The second kappa shape index (κ2) is 4.06. The molecule has 0 fully saturated rings. The minimum atomic E-state index is -0.516. The van der Waals surface area contributed by atoms with Crippen LogP contribution in [-0.4, -0.2) is 5.24 Å². The first kappa shape index (κ1) is 9.76. The number of rotatable bonds is 2. The molecule has 0 aliphatic heterocycles. The third kappa shape index (κ3) is 2.07. The summed E-state index contributed by atoms with van der Waals surface area (Å²) in [6.07, 6.45) is 0. The van der Waals surface area contributed by atoms with E-state index in [1.54, 1.807) is 31.2 Å². The van der Waals surface area contributed by atoms with E-state index in [1.165, 1.54) is 0 Å². The average molecular weight is 194 g/mol. The topological polar surface area (TPSA) is 40.9 Å². The molecule has 66 valence electrons. The van der Waals surface area contributed by atoms with E-state index in [9.17, 15) is 4.79 Å². The second-order valence-corrected chi connectivity index (χ2v) is 3.06. The van der Waals surface area contributed by atoms with E-state index in [-0.39, 0.29) is 5.92 Å². The number of nitriles is 1. The van der Waals surface area contributed by atoms with Crippen LogP contribution in [0.1, 0.15) is 28.8 Å². The van der Waals surface area contributed by atoms with Crippen molar-refractivity contribution in [2.24, 2.45) is 0 Å². The van der Waals surface area contributed by atoms with Crippen LogP contribution in [0.2, 0.25) is 0 Å². The predicted molar refractivity (Wildman–Crippen MR) is 50.7 cm³/mol. The van der Waals surface area contributed by atoms with Crippen LogP contribution in [0.15, 0.2) is 24.3 Å². The van der Waals surface area contributed by atoms with E-state index in [0.717, 1.165) is 0 Å². The predicted octanol–water partition coefficient (Wildman–Crippen LogP) is 2.69. The normalized spacial score (nSPS) is 11.8. The Morgan fingerprint density at radius 1 is 1.54 bits per heavy atom. The highest BCUT2D eigenvalue weighted by Gasteiger charge is 2.12. The average Bonchev–Trinajstić information content (AvgIpc) is 2.16. The molecule has 0 amide bonds. The molecule has 1 aromatic rings. The molecule has 3 heteroatoms. The van der Waals surface area contributed by atoms with Crippen molar-refractivity contribution in [2.45, 2.75) is 12.8 Å². The largest absolute Gasteiger partial charge is 0.276 e. The zero-order chi connectivity index (χ0) is 9.84. The lowest BCUT2D eigenvalue weighted by Crippen LogP contribution is -1.99. The molecule has 0 spiro atoms. The van der Waals surface area contributed by atoms with Crippen molar-refractivity contribution < 1.29 is 4.79 Å². The molecule has 13 heavy (non-hydrogen) atoms. The SMILES string of the molecule is CC(C#N)c1ccccc1C(=O)Cl. The minimum absolute atomic E-state index is 0.307. The van der Waals surface area contributed by atoms with Crippen molar-refractivity contribution in [1.82, 2.24) is 0 Å². The molecule has 2 nitrogen and oxygen atoms in total. The molecule has 0 heterocycles. The van der Waals surface area contributed by atoms with Crippen LogP contribution in [0.5, 0.6) is 0 Å². The van der Waals surface area contributed by atoms with Gasteiger partial charge < -0.3 is 0 Å². The van der Waals surface area contributed by atoms with E-state index in [0.29, 0.717) is 11.1 Å². The number of carbonyl (C=O) groups excluding carboxylic acids is 1. The third-order valence-electron chi connectivity index (χ3n) is 1.83. The number of nitrogens with zero attached hydrogens (tertiary/aromatic N) is 1. The van der Waals surface area contributed by atoms with Gasteiger partial charge in [0, 0.05) is 5.56 Å². The summed E-state index contributed by atoms with van der Waals surface area (Å²) in [4.78, 5) is 10.9. The van der Waals surface area contributed by atoms with Crippen molar-refractivity contribution in [3.8, 4) is 6.07 Å². The van der Waals surface area contributed by atoms with Crippen molar-refractivity contribution in [1.29, 1.82) is 5.26 Å². The van der Waals surface area contributed by atoms with Crippen LogP contribution in [0, 0.1) is 11.3 Å². The Bertz CT molecular complexity index is 367. The molecule has 1 aromatic carbocycles. The van der Waals surface area contributed by atoms with Gasteiger partial charge in [0.25, 0.3) is 5.24 Å². The molecule has 0 N–H and O–H groups in total. The Morgan fingerprint density at radius 2 is 2.15 bits per heavy atom. The molecule has 1 rings (SSSR count). The van der Waals surface area contributed by atoms with Crippen LogP contribution < -0.4 is 0 Å². The molecule has 1 unspecified atom stereocenters. The molecule has 0 saturated heterocycles. The number of benzene rings is 1. The molecular formula is C10H8ClNO. The first-order chi connectivity index (χ1) is 6.16. The quantitative estimate of drug-likeness (QED) is 0.678. The molecule has 0 aromatic heterocycles. The Balaban J connectivity index is 3.21. The zero-order valence-electron chi connectivity index (χ0n) is 7.12. The van der Waals surface area contributed by atoms with E-state index < -0.39 is 5.24 Å². The molecule has 0 bridgehead atoms. The van der Waals surface area contributed by atoms with Gasteiger partial charge in [-0.2, -0.15) is 5.26 Å². The number of halogens is 1. The monoisotopic (exact) mass is 193 g/mol. The standard InChI is InChI=1S/C10H8ClNO/c1-7(6-12)8-4-2-3-5-9(8)10(11)13/h2-5,7H,1H3. The van der Waals surface area contributed by atoms with Gasteiger partial charge >= 0.3 is 0 Å². The van der Waals surface area contributed by atoms with Gasteiger partial charge in [-0.25, -0.2) is 0 Å². The van der Waals surface area contributed by atoms with Gasteiger partial charge in [0.2, 0.25) is 0 Å². The first-order valence-corrected chi connectivity index (χ1v) is 4.23. The highest BCUT2D eigenvalue weighted by molar-refractivity contribution is 6.67. The summed E-state index contributed by atoms with van der Waals surface area (Å²) >= 11 is 5.36. The fourth-order valence-electron chi connectivity index (χ4n) is 1.12. The number of hydrogen-bond donors (Lipinski definition) is 0. The summed E-state index contributed by atoms with van der Waals surface area (Å²) in [5, 5.41) is 8.17. The summed E-state index contributed by atoms with van der Waals surface area (Å²) < 4.78 is 0. The van der Waals surface area contributed by atoms with Gasteiger partial charge in [-0.05, 0) is 30.2 Å². The number of hydrogen-bond acceptors (Lipinski definition) is 2. The Labute approximate surface area is 81.7 Å². The highest BCUT2D eigenvalue weighted by atomic mass is 35.5. The fraction of sp³-hybridized carbons (Fsp3) is 0.200. The van der Waals surface area contributed by atoms with Gasteiger partial charge in [-0.3, -0.25) is 4.79 Å². The Morgan fingerprint density at radius 3 is 2.69 bits per heavy atom. The number of carbonyl (C=O) groups is 1. The van der Waals surface area contributed by atoms with Crippen LogP contribution in [0.3, 0.4) is 0 Å². The van der Waals surface area contributed by atoms with E-state index >= 15 is 0 Å². The maximum Gasteiger partial charge on any atom is 0.252 e. The van der Waals surface area contributed by atoms with Crippen molar-refractivity contribution in [3.05, 3.63) is 35.4 Å². The van der Waals surface area contributed by atoms with Gasteiger partial charge in [-0.1, -0.05) is 18.2 Å². The van der Waals surface area contributed by atoms with Gasteiger partial charge in [0.05, 0.1) is 12.0 Å². The molecule has 0 radical (unpaired) electrons. The first-order valence-electron chi connectivity index (χ1n) is 3.85. The van der Waals surface area contributed by atoms with Crippen LogP contribution in [-0.2, 0) is 0 Å². The van der Waals surface area contributed by atoms with Crippen molar-refractivity contribution >= 4 is 16.8 Å². The third-order valence-corrected chi connectivity index (χ3v) is 2.04. The maximum absolute atomic E-state index is 10.9. The fourth-order valence-corrected chi connectivity index (χ4v) is 1.30. The summed E-state index contributed by atoms with van der Waals surface area (Å²) in [6.45, 7) is 1.73. The van der Waals surface area contributed by atoms with Crippen LogP contribution in [0.4, 0.5) is 0 Å². The van der Waals surface area contributed by atoms with E-state index in [4.69, 9.17) is 16.9 Å². The van der Waals surface area contributed by atoms with E-state index in [1.807, 2.05) is 0 Å². The lowest BCUT2D eigenvalue weighted by Gasteiger charge is -2.06. The van der Waals surface area contributed by atoms with Crippen molar-refractivity contribution in [3.63, 3.8) is 0 Å². The van der Waals surface area contributed by atoms with Crippen LogP contribution >= 0.6 is 11.6 Å². The Hall–Kier alpha value is -1.33. The highest BCUT2D eigenvalue weighted by Crippen LogP contribution is 2.20. The van der Waals surface area contributed by atoms with Crippen LogP contribution in [0.25, 0.3) is 0 Å². The molecule has 1 atom stereocenters. The van der Waals surface area contributed by atoms with Gasteiger partial charge in [0.1, 0.15) is 0 Å². The summed E-state index contributed by atoms with van der Waals surface area (Å²) in [5.41, 5.74) is 1.10. The zero-order valence-corrected chi connectivity index (χ0v) is 7.88. The lowest BCUT2D eigenvalue weighted by molar-refractivity contribution is 0.108. The molecule has 0 aliphatic carbocycles. The smallest absolute Gasteiger partial charge is 0.252 e. The summed E-state index contributed by atoms with van der Waals surface area (Å²) in [5.74, 6) is -0.307. The Kier molecular flexibility index (Phi) is 3.05. The van der Waals surface area contributed by atoms with E-state index in [2.05, 4.69) is 6.07 Å². The second-order valence-electron chi connectivity index (χ2n) is 2.71. The summed E-state index contributed by atoms with van der Waals surface area (Å²) in [6, 6.07) is 8.94. The van der Waals surface area contributed by atoms with Crippen molar-refractivity contribution in [2.75, 3.05) is 0 Å². The molecule has 0 saturated carbocycles. The molecule has 0 aliphatic rings. The summed E-state index contributed by atoms with van der Waals surface area (Å²) in [7, 11) is 0.